The minimum Gasteiger partial charge on any atom is -0.351 e. The number of hydrogen-bond acceptors (Lipinski definition) is 5. The molecule has 4 rings (SSSR count). The summed E-state index contributed by atoms with van der Waals surface area (Å²) in [5, 5.41) is 14.1. The zero-order chi connectivity index (χ0) is 17.2. The lowest BCUT2D eigenvalue weighted by molar-refractivity contribution is -0.125. The molecule has 0 spiro atoms. The van der Waals surface area contributed by atoms with E-state index >= 15 is 0 Å². The molecule has 1 amide bonds. The van der Waals surface area contributed by atoms with Gasteiger partial charge in [-0.15, -0.1) is 21.5 Å². The first-order valence-electron chi connectivity index (χ1n) is 8.26. The molecule has 1 saturated heterocycles. The number of carbonyl (C=O) groups excluding carboxylic acids is 1. The van der Waals surface area contributed by atoms with Gasteiger partial charge >= 0.3 is 0 Å². The predicted octanol–water partition coefficient (Wildman–Crippen LogP) is 2.98. The van der Waals surface area contributed by atoms with E-state index in [0.717, 1.165) is 25.3 Å². The van der Waals surface area contributed by atoms with Crippen LogP contribution in [-0.2, 0) is 11.3 Å². The fraction of sp³-hybridized carbons (Fsp3) is 0.353. The smallest absolute Gasteiger partial charge is 0.231 e. The van der Waals surface area contributed by atoms with E-state index in [-0.39, 0.29) is 11.8 Å². The third-order valence-corrected chi connectivity index (χ3v) is 5.63. The summed E-state index contributed by atoms with van der Waals surface area (Å²) >= 11 is 7.83. The molecule has 1 aliphatic rings. The van der Waals surface area contributed by atoms with E-state index in [4.69, 9.17) is 11.6 Å². The van der Waals surface area contributed by atoms with E-state index < -0.39 is 0 Å². The van der Waals surface area contributed by atoms with Crippen molar-refractivity contribution in [3.63, 3.8) is 0 Å². The van der Waals surface area contributed by atoms with Gasteiger partial charge in [0.25, 0.3) is 0 Å². The van der Waals surface area contributed by atoms with Crippen molar-refractivity contribution in [2.24, 2.45) is 5.92 Å². The van der Waals surface area contributed by atoms with E-state index in [2.05, 4.69) is 20.4 Å². The number of anilines is 1. The molecule has 3 aromatic rings. The quantitative estimate of drug-likeness (QED) is 0.761. The van der Waals surface area contributed by atoms with Crippen LogP contribution in [-0.4, -0.2) is 33.6 Å². The highest BCUT2D eigenvalue weighted by Crippen LogP contribution is 2.25. The summed E-state index contributed by atoms with van der Waals surface area (Å²) in [6.45, 7) is 2.10. The number of halogens is 1. The summed E-state index contributed by atoms with van der Waals surface area (Å²) in [5.74, 6) is 0.804. The second-order valence-corrected chi connectivity index (χ2v) is 7.57. The van der Waals surface area contributed by atoms with E-state index in [0.29, 0.717) is 23.8 Å². The lowest BCUT2D eigenvalue weighted by Gasteiger charge is -2.31. The summed E-state index contributed by atoms with van der Waals surface area (Å²) in [7, 11) is 0. The second kappa shape index (κ2) is 7.01. The predicted molar refractivity (Wildman–Crippen MR) is 99.1 cm³/mol. The monoisotopic (exact) mass is 375 g/mol. The molecule has 0 unspecified atom stereocenters. The van der Waals surface area contributed by atoms with Gasteiger partial charge in [0.15, 0.2) is 5.65 Å². The molecular formula is C17H18ClN5OS. The zero-order valence-electron chi connectivity index (χ0n) is 13.6. The number of aromatic nitrogens is 3. The largest absolute Gasteiger partial charge is 0.351 e. The molecule has 0 aliphatic carbocycles. The molecule has 0 radical (unpaired) electrons. The van der Waals surface area contributed by atoms with Gasteiger partial charge in [-0.25, -0.2) is 0 Å². The molecule has 0 aromatic carbocycles. The van der Waals surface area contributed by atoms with Crippen molar-refractivity contribution in [3.8, 4) is 0 Å². The highest BCUT2D eigenvalue weighted by Gasteiger charge is 2.28. The standard InChI is InChI=1S/C17H18ClN5OS/c18-14-6-2-8-23-15(14)20-21-17(23)22-7-1-4-12(11-22)16(24)19-10-13-5-3-9-25-13/h2-3,5-6,8-9,12H,1,4,7,10-11H2,(H,19,24)/t12-/m1/s1. The number of amides is 1. The molecule has 0 saturated carbocycles. The maximum atomic E-state index is 12.5. The summed E-state index contributed by atoms with van der Waals surface area (Å²) in [4.78, 5) is 15.8. The topological polar surface area (TPSA) is 62.5 Å². The van der Waals surface area contributed by atoms with Crippen LogP contribution in [0.4, 0.5) is 5.95 Å². The van der Waals surface area contributed by atoms with Crippen molar-refractivity contribution in [1.29, 1.82) is 0 Å². The van der Waals surface area contributed by atoms with E-state index in [1.165, 1.54) is 4.88 Å². The first-order valence-corrected chi connectivity index (χ1v) is 9.52. The Morgan fingerprint density at radius 1 is 1.36 bits per heavy atom. The Labute approximate surface area is 154 Å². The van der Waals surface area contributed by atoms with E-state index in [1.807, 2.05) is 34.2 Å². The third-order valence-electron chi connectivity index (χ3n) is 4.46. The van der Waals surface area contributed by atoms with Crippen LogP contribution in [0.15, 0.2) is 35.8 Å². The van der Waals surface area contributed by atoms with Gasteiger partial charge in [0.05, 0.1) is 17.5 Å². The van der Waals surface area contributed by atoms with Crippen molar-refractivity contribution in [1.82, 2.24) is 19.9 Å². The number of rotatable bonds is 4. The number of piperidine rings is 1. The summed E-state index contributed by atoms with van der Waals surface area (Å²) in [6, 6.07) is 7.70. The third kappa shape index (κ3) is 3.34. The van der Waals surface area contributed by atoms with Crippen LogP contribution in [0.25, 0.3) is 5.65 Å². The van der Waals surface area contributed by atoms with Gasteiger partial charge in [0.1, 0.15) is 0 Å². The highest BCUT2D eigenvalue weighted by atomic mass is 35.5. The lowest BCUT2D eigenvalue weighted by Crippen LogP contribution is -2.43. The first kappa shape index (κ1) is 16.4. The van der Waals surface area contributed by atoms with Gasteiger partial charge in [-0.1, -0.05) is 17.7 Å². The maximum absolute atomic E-state index is 12.5. The fourth-order valence-electron chi connectivity index (χ4n) is 3.19. The number of pyridine rings is 1. The van der Waals surface area contributed by atoms with Gasteiger partial charge in [-0.2, -0.15) is 0 Å². The Morgan fingerprint density at radius 2 is 2.28 bits per heavy atom. The van der Waals surface area contributed by atoms with Gasteiger partial charge in [0, 0.05) is 24.2 Å². The fourth-order valence-corrected chi connectivity index (χ4v) is 4.04. The second-order valence-electron chi connectivity index (χ2n) is 6.13. The average molecular weight is 376 g/mol. The van der Waals surface area contributed by atoms with Crippen LogP contribution in [0.5, 0.6) is 0 Å². The van der Waals surface area contributed by atoms with Crippen LogP contribution in [0, 0.1) is 5.92 Å². The minimum absolute atomic E-state index is 0.0414. The highest BCUT2D eigenvalue weighted by molar-refractivity contribution is 7.09. The Kier molecular flexibility index (Phi) is 4.59. The van der Waals surface area contributed by atoms with E-state index in [1.54, 1.807) is 17.4 Å². The first-order chi connectivity index (χ1) is 12.2. The Morgan fingerprint density at radius 3 is 3.12 bits per heavy atom. The van der Waals surface area contributed by atoms with Gasteiger partial charge in [0.2, 0.25) is 11.9 Å². The SMILES string of the molecule is O=C(NCc1cccs1)[C@@H]1CCCN(c2nnc3c(Cl)cccn23)C1. The Balaban J connectivity index is 1.46. The van der Waals surface area contributed by atoms with Crippen LogP contribution in [0.2, 0.25) is 5.02 Å². The molecule has 0 bridgehead atoms. The molecule has 8 heteroatoms. The molecule has 4 heterocycles. The number of hydrogen-bond donors (Lipinski definition) is 1. The van der Waals surface area contributed by atoms with Gasteiger partial charge in [-0.3, -0.25) is 9.20 Å². The van der Waals surface area contributed by atoms with Gasteiger partial charge in [-0.05, 0) is 36.4 Å². The van der Waals surface area contributed by atoms with Crippen LogP contribution in [0.3, 0.4) is 0 Å². The molecule has 130 valence electrons. The normalized spacial score (nSPS) is 17.8. The molecule has 1 N–H and O–H groups in total. The van der Waals surface area contributed by atoms with Crippen LogP contribution in [0.1, 0.15) is 17.7 Å². The minimum atomic E-state index is -0.0414. The number of nitrogens with one attached hydrogen (secondary N) is 1. The molecular weight excluding hydrogens is 358 g/mol. The number of fused-ring (bicyclic) bond motifs is 1. The van der Waals surface area contributed by atoms with Crippen LogP contribution < -0.4 is 10.2 Å². The van der Waals surface area contributed by atoms with E-state index in [9.17, 15) is 4.79 Å². The van der Waals surface area contributed by atoms with Gasteiger partial charge < -0.3 is 10.2 Å². The Hall–Kier alpha value is -2.12. The molecule has 3 aromatic heterocycles. The van der Waals surface area contributed by atoms with Crippen molar-refractivity contribution in [2.75, 3.05) is 18.0 Å². The summed E-state index contributed by atoms with van der Waals surface area (Å²) in [6.07, 6.45) is 3.74. The Bertz CT molecular complexity index is 878. The van der Waals surface area contributed by atoms with Crippen molar-refractivity contribution in [2.45, 2.75) is 19.4 Å². The molecule has 25 heavy (non-hydrogen) atoms. The van der Waals surface area contributed by atoms with Crippen molar-refractivity contribution in [3.05, 3.63) is 45.7 Å². The molecule has 1 fully saturated rings. The maximum Gasteiger partial charge on any atom is 0.231 e. The summed E-state index contributed by atoms with van der Waals surface area (Å²) < 4.78 is 1.88. The molecule has 1 aliphatic heterocycles. The van der Waals surface area contributed by atoms with Crippen molar-refractivity contribution >= 4 is 40.4 Å². The summed E-state index contributed by atoms with van der Waals surface area (Å²) in [5.41, 5.74) is 0.642. The number of carbonyl (C=O) groups is 1. The lowest BCUT2D eigenvalue weighted by atomic mass is 9.97. The number of thiophene rings is 1. The zero-order valence-corrected chi connectivity index (χ0v) is 15.1. The number of nitrogens with zero attached hydrogens (tertiary/aromatic N) is 4. The average Bonchev–Trinajstić information content (AvgIpc) is 3.30. The molecule has 6 nitrogen and oxygen atoms in total. The molecule has 1 atom stereocenters. The van der Waals surface area contributed by atoms with Crippen LogP contribution >= 0.6 is 22.9 Å². The van der Waals surface area contributed by atoms with Crippen molar-refractivity contribution < 1.29 is 4.79 Å².